The van der Waals surface area contributed by atoms with Crippen LogP contribution in [0.4, 0.5) is 0 Å². The molecular weight excluding hydrogens is 407 g/mol. The Hall–Kier alpha value is 0.610. The van der Waals surface area contributed by atoms with Crippen molar-refractivity contribution in [3.8, 4) is 0 Å². The van der Waals surface area contributed by atoms with Crippen LogP contribution in [0.5, 0.6) is 0 Å². The molecule has 1 unspecified atom stereocenters. The summed E-state index contributed by atoms with van der Waals surface area (Å²) >= 11 is 0. The zero-order valence-electron chi connectivity index (χ0n) is 20.2. The smallest absolute Gasteiger partial charge is 0.726 e. The molecule has 0 fully saturated rings. The predicted octanol–water partition coefficient (Wildman–Crippen LogP) is 4.70. The monoisotopic (exact) mass is 454 g/mol. The SMILES string of the molecule is CCCCCCCCCCC/C=C/C(CCCCCCCCC)COS(=O)(=O)[O-].[Na+]. The summed E-state index contributed by atoms with van der Waals surface area (Å²) in [5.41, 5.74) is 0. The molecule has 0 rings (SSSR count). The van der Waals surface area contributed by atoms with Crippen LogP contribution < -0.4 is 29.6 Å². The number of unbranched alkanes of at least 4 members (excludes halogenated alkanes) is 15. The summed E-state index contributed by atoms with van der Waals surface area (Å²) in [5, 5.41) is 0. The number of hydrogen-bond donors (Lipinski definition) is 0. The van der Waals surface area contributed by atoms with Crippen molar-refractivity contribution in [1.29, 1.82) is 0 Å². The molecule has 0 spiro atoms. The molecule has 0 N–H and O–H groups in total. The maximum Gasteiger partial charge on any atom is 1.00 e. The van der Waals surface area contributed by atoms with Crippen LogP contribution in [-0.4, -0.2) is 19.6 Å². The fourth-order valence-electron chi connectivity index (χ4n) is 3.63. The van der Waals surface area contributed by atoms with E-state index >= 15 is 0 Å². The van der Waals surface area contributed by atoms with Crippen LogP contribution in [0.2, 0.25) is 0 Å². The molecule has 0 aromatic heterocycles. The van der Waals surface area contributed by atoms with Crippen LogP contribution in [0.3, 0.4) is 0 Å². The molecule has 0 radical (unpaired) electrons. The van der Waals surface area contributed by atoms with Gasteiger partial charge in [-0.25, -0.2) is 8.42 Å². The summed E-state index contributed by atoms with van der Waals surface area (Å²) in [6.07, 6.45) is 26.6. The Morgan fingerprint density at radius 1 is 0.733 bits per heavy atom. The minimum Gasteiger partial charge on any atom is -0.726 e. The van der Waals surface area contributed by atoms with Crippen LogP contribution in [0.1, 0.15) is 129 Å². The van der Waals surface area contributed by atoms with E-state index in [4.69, 9.17) is 0 Å². The van der Waals surface area contributed by atoms with E-state index in [-0.39, 0.29) is 42.1 Å². The Morgan fingerprint density at radius 2 is 1.17 bits per heavy atom. The fourth-order valence-corrected chi connectivity index (χ4v) is 3.97. The van der Waals surface area contributed by atoms with Crippen molar-refractivity contribution in [1.82, 2.24) is 0 Å². The number of rotatable bonds is 22. The Balaban J connectivity index is 0. The first-order valence-corrected chi connectivity index (χ1v) is 13.6. The molecule has 0 saturated carbocycles. The second-order valence-corrected chi connectivity index (χ2v) is 9.46. The molecule has 0 aliphatic carbocycles. The summed E-state index contributed by atoms with van der Waals surface area (Å²) in [7, 11) is -4.60. The Morgan fingerprint density at radius 3 is 1.63 bits per heavy atom. The average Bonchev–Trinajstić information content (AvgIpc) is 2.68. The van der Waals surface area contributed by atoms with Gasteiger partial charge in [-0.3, -0.25) is 4.18 Å². The minimum absolute atomic E-state index is 0. The van der Waals surface area contributed by atoms with Crippen LogP contribution in [0.25, 0.3) is 0 Å². The van der Waals surface area contributed by atoms with Crippen LogP contribution in [0, 0.1) is 5.92 Å². The molecule has 4 nitrogen and oxygen atoms in total. The summed E-state index contributed by atoms with van der Waals surface area (Å²) in [6, 6.07) is 0. The molecule has 0 saturated heterocycles. The molecule has 0 aliphatic rings. The van der Waals surface area contributed by atoms with E-state index in [0.29, 0.717) is 0 Å². The topological polar surface area (TPSA) is 66.4 Å². The molecule has 0 bridgehead atoms. The third-order valence-electron chi connectivity index (χ3n) is 5.49. The quantitative estimate of drug-likeness (QED) is 0.0782. The van der Waals surface area contributed by atoms with E-state index in [0.717, 1.165) is 25.7 Å². The molecule has 0 heterocycles. The van der Waals surface area contributed by atoms with Gasteiger partial charge in [-0.2, -0.15) is 0 Å². The summed E-state index contributed by atoms with van der Waals surface area (Å²) < 4.78 is 36.8. The van der Waals surface area contributed by atoms with Crippen molar-refractivity contribution < 1.29 is 46.7 Å². The van der Waals surface area contributed by atoms with E-state index in [1.807, 2.05) is 0 Å². The summed E-state index contributed by atoms with van der Waals surface area (Å²) in [4.78, 5) is 0. The Labute approximate surface area is 210 Å². The minimum atomic E-state index is -4.60. The van der Waals surface area contributed by atoms with Gasteiger partial charge in [0.05, 0.1) is 6.61 Å². The summed E-state index contributed by atoms with van der Waals surface area (Å²) in [6.45, 7) is 4.45. The molecular formula is C24H47NaO4S. The van der Waals surface area contributed by atoms with Gasteiger partial charge in [-0.15, -0.1) is 0 Å². The normalized spacial score (nSPS) is 12.9. The van der Waals surface area contributed by atoms with Gasteiger partial charge in [-0.1, -0.05) is 122 Å². The van der Waals surface area contributed by atoms with Gasteiger partial charge >= 0.3 is 29.6 Å². The predicted molar refractivity (Wildman–Crippen MR) is 123 cm³/mol. The molecule has 1 atom stereocenters. The molecule has 6 heteroatoms. The van der Waals surface area contributed by atoms with Gasteiger partial charge in [0.15, 0.2) is 0 Å². The fraction of sp³-hybridized carbons (Fsp3) is 0.917. The van der Waals surface area contributed by atoms with Crippen molar-refractivity contribution in [2.45, 2.75) is 129 Å². The van der Waals surface area contributed by atoms with Gasteiger partial charge in [0.2, 0.25) is 10.4 Å². The average molecular weight is 455 g/mol. The van der Waals surface area contributed by atoms with Crippen molar-refractivity contribution in [2.75, 3.05) is 6.61 Å². The number of allylic oxidation sites excluding steroid dienone is 1. The number of hydrogen-bond acceptors (Lipinski definition) is 4. The van der Waals surface area contributed by atoms with Gasteiger partial charge in [0.25, 0.3) is 0 Å². The second-order valence-electron chi connectivity index (χ2n) is 8.41. The van der Waals surface area contributed by atoms with Crippen LogP contribution in [-0.2, 0) is 14.6 Å². The Bertz CT molecular complexity index is 466. The van der Waals surface area contributed by atoms with Crippen molar-refractivity contribution in [3.05, 3.63) is 12.2 Å². The van der Waals surface area contributed by atoms with E-state index < -0.39 is 10.4 Å². The molecule has 0 aromatic carbocycles. The maximum atomic E-state index is 10.8. The standard InChI is InChI=1S/C24H48O4S.Na/c1-3-5-7-9-11-12-13-14-16-18-20-22-24(23-28-29(25,26)27)21-19-17-15-10-8-6-4-2;/h20,22,24H,3-19,21,23H2,1-2H3,(H,25,26,27);/q;+1/p-1/b22-20+;. The first kappa shape index (κ1) is 32.8. The Kier molecular flexibility index (Phi) is 26.5. The first-order chi connectivity index (χ1) is 14.0. The third kappa shape index (κ3) is 26.6. The van der Waals surface area contributed by atoms with E-state index in [2.05, 4.69) is 30.2 Å². The summed E-state index contributed by atoms with van der Waals surface area (Å²) in [5.74, 6) is 0.0212. The maximum absolute atomic E-state index is 10.8. The molecule has 174 valence electrons. The van der Waals surface area contributed by atoms with Gasteiger partial charge < -0.3 is 4.55 Å². The molecule has 0 aliphatic heterocycles. The van der Waals surface area contributed by atoms with E-state index in [1.54, 1.807) is 0 Å². The molecule has 0 aromatic rings. The second kappa shape index (κ2) is 24.3. The zero-order chi connectivity index (χ0) is 21.6. The van der Waals surface area contributed by atoms with Crippen LogP contribution in [0.15, 0.2) is 12.2 Å². The van der Waals surface area contributed by atoms with Gasteiger partial charge in [-0.05, 0) is 19.3 Å². The molecule has 0 amide bonds. The largest absolute Gasteiger partial charge is 1.00 e. The zero-order valence-corrected chi connectivity index (χ0v) is 23.0. The van der Waals surface area contributed by atoms with Crippen molar-refractivity contribution in [2.24, 2.45) is 5.92 Å². The van der Waals surface area contributed by atoms with Crippen LogP contribution >= 0.6 is 0 Å². The molecule has 30 heavy (non-hydrogen) atoms. The van der Waals surface area contributed by atoms with E-state index in [1.165, 1.54) is 89.9 Å². The van der Waals surface area contributed by atoms with Crippen molar-refractivity contribution >= 4 is 10.4 Å². The third-order valence-corrected chi connectivity index (χ3v) is 5.91. The van der Waals surface area contributed by atoms with Gasteiger partial charge in [0.1, 0.15) is 0 Å². The van der Waals surface area contributed by atoms with Gasteiger partial charge in [0, 0.05) is 5.92 Å². The van der Waals surface area contributed by atoms with Crippen molar-refractivity contribution in [3.63, 3.8) is 0 Å². The van der Waals surface area contributed by atoms with E-state index in [9.17, 15) is 13.0 Å². The first-order valence-electron chi connectivity index (χ1n) is 12.3.